The van der Waals surface area contributed by atoms with E-state index in [0.717, 1.165) is 28.6 Å². The quantitative estimate of drug-likeness (QED) is 0.295. The first-order valence-electron chi connectivity index (χ1n) is 10.5. The minimum atomic E-state index is -4.39. The number of fused-ring (bicyclic) bond motifs is 1. The van der Waals surface area contributed by atoms with E-state index >= 15 is 0 Å². The molecule has 0 unspecified atom stereocenters. The third kappa shape index (κ3) is 5.00. The molecule has 0 saturated heterocycles. The lowest BCUT2D eigenvalue weighted by molar-refractivity contribution is -0.137. The predicted octanol–water partition coefficient (Wildman–Crippen LogP) is 6.54. The van der Waals surface area contributed by atoms with Crippen LogP contribution in [-0.2, 0) is 19.3 Å². The van der Waals surface area contributed by atoms with Gasteiger partial charge in [-0.25, -0.2) is 0 Å². The van der Waals surface area contributed by atoms with Gasteiger partial charge in [0, 0.05) is 30.5 Å². The fraction of sp³-hybridized carbons (Fsp3) is 0.148. The molecule has 0 atom stereocenters. The molecule has 6 heteroatoms. The standard InChI is InChI=1S/C27H23F3N2O/c1-2-15-32(26(33)25-14-6-10-21-9-3-4-13-24(21)25)19-23-12-7-16-31(23)18-20-8-5-11-22(17-20)27(28,29)30/h2-14,16-17H,1,15,18-19H2. The molecule has 0 aliphatic rings. The number of alkyl halides is 3. The van der Waals surface area contributed by atoms with Gasteiger partial charge in [0.2, 0.25) is 0 Å². The number of carbonyl (C=O) groups excluding carboxylic acids is 1. The molecule has 0 aliphatic carbocycles. The number of rotatable bonds is 7. The molecule has 4 aromatic rings. The Labute approximate surface area is 190 Å². The van der Waals surface area contributed by atoms with E-state index in [1.807, 2.05) is 65.4 Å². The summed E-state index contributed by atoms with van der Waals surface area (Å²) in [6, 6.07) is 22.4. The van der Waals surface area contributed by atoms with Crippen molar-refractivity contribution >= 4 is 16.7 Å². The molecular weight excluding hydrogens is 425 g/mol. The summed E-state index contributed by atoms with van der Waals surface area (Å²) >= 11 is 0. The molecule has 0 fully saturated rings. The Morgan fingerprint density at radius 2 is 1.73 bits per heavy atom. The Morgan fingerprint density at radius 3 is 2.52 bits per heavy atom. The second kappa shape index (κ2) is 9.36. The minimum absolute atomic E-state index is 0.126. The van der Waals surface area contributed by atoms with Crippen molar-refractivity contribution in [2.75, 3.05) is 6.54 Å². The van der Waals surface area contributed by atoms with Crippen LogP contribution in [0.2, 0.25) is 0 Å². The average molecular weight is 448 g/mol. The average Bonchev–Trinajstić information content (AvgIpc) is 3.24. The Balaban J connectivity index is 1.59. The number of carbonyl (C=O) groups is 1. The zero-order valence-corrected chi connectivity index (χ0v) is 17.9. The smallest absolute Gasteiger partial charge is 0.345 e. The van der Waals surface area contributed by atoms with Crippen molar-refractivity contribution in [3.05, 3.63) is 120 Å². The Kier molecular flexibility index (Phi) is 6.36. The normalized spacial score (nSPS) is 11.5. The van der Waals surface area contributed by atoms with E-state index in [0.29, 0.717) is 24.2 Å². The highest BCUT2D eigenvalue weighted by atomic mass is 19.4. The Morgan fingerprint density at radius 1 is 0.970 bits per heavy atom. The monoisotopic (exact) mass is 448 g/mol. The second-order valence-corrected chi connectivity index (χ2v) is 7.83. The van der Waals surface area contributed by atoms with Crippen LogP contribution in [0.15, 0.2) is 97.7 Å². The third-order valence-electron chi connectivity index (χ3n) is 5.54. The lowest BCUT2D eigenvalue weighted by Gasteiger charge is -2.23. The summed E-state index contributed by atoms with van der Waals surface area (Å²) in [4.78, 5) is 15.1. The van der Waals surface area contributed by atoms with Gasteiger partial charge >= 0.3 is 6.18 Å². The van der Waals surface area contributed by atoms with Gasteiger partial charge in [0.15, 0.2) is 0 Å². The summed E-state index contributed by atoms with van der Waals surface area (Å²) in [7, 11) is 0. The summed E-state index contributed by atoms with van der Waals surface area (Å²) in [6.07, 6.45) is -0.908. The SMILES string of the molecule is C=CCN(Cc1cccn1Cc1cccc(C(F)(F)F)c1)C(=O)c1cccc2ccccc12. The van der Waals surface area contributed by atoms with Gasteiger partial charge in [-0.1, -0.05) is 54.6 Å². The van der Waals surface area contributed by atoms with Crippen LogP contribution >= 0.6 is 0 Å². The molecule has 0 N–H and O–H groups in total. The molecule has 1 amide bonds. The zero-order chi connectivity index (χ0) is 23.4. The molecule has 1 aromatic heterocycles. The van der Waals surface area contributed by atoms with E-state index in [9.17, 15) is 18.0 Å². The maximum absolute atomic E-state index is 13.4. The highest BCUT2D eigenvalue weighted by Crippen LogP contribution is 2.30. The molecule has 0 aliphatic heterocycles. The molecule has 0 spiro atoms. The van der Waals surface area contributed by atoms with E-state index in [1.165, 1.54) is 6.07 Å². The van der Waals surface area contributed by atoms with Gasteiger partial charge in [-0.3, -0.25) is 4.79 Å². The van der Waals surface area contributed by atoms with Crippen LogP contribution in [0.4, 0.5) is 13.2 Å². The number of amides is 1. The molecule has 3 nitrogen and oxygen atoms in total. The zero-order valence-electron chi connectivity index (χ0n) is 17.9. The third-order valence-corrected chi connectivity index (χ3v) is 5.54. The molecule has 0 bridgehead atoms. The predicted molar refractivity (Wildman–Crippen MR) is 124 cm³/mol. The maximum Gasteiger partial charge on any atom is 0.416 e. The first-order valence-corrected chi connectivity index (χ1v) is 10.5. The van der Waals surface area contributed by atoms with Crippen LogP contribution in [0.25, 0.3) is 10.8 Å². The molecule has 168 valence electrons. The van der Waals surface area contributed by atoms with Crippen LogP contribution in [-0.4, -0.2) is 21.9 Å². The Bertz CT molecular complexity index is 1280. The minimum Gasteiger partial charge on any atom is -0.345 e. The number of hydrogen-bond donors (Lipinski definition) is 0. The first kappa shape index (κ1) is 22.4. The summed E-state index contributed by atoms with van der Waals surface area (Å²) in [5.41, 5.74) is 1.29. The van der Waals surface area contributed by atoms with Crippen molar-refractivity contribution in [1.29, 1.82) is 0 Å². The lowest BCUT2D eigenvalue weighted by atomic mass is 10.0. The van der Waals surface area contributed by atoms with Gasteiger partial charge in [-0.05, 0) is 46.7 Å². The summed E-state index contributed by atoms with van der Waals surface area (Å²) in [5.74, 6) is -0.126. The maximum atomic E-state index is 13.4. The molecule has 3 aromatic carbocycles. The van der Waals surface area contributed by atoms with Crippen molar-refractivity contribution < 1.29 is 18.0 Å². The van der Waals surface area contributed by atoms with Crippen molar-refractivity contribution in [2.45, 2.75) is 19.3 Å². The molecule has 0 radical (unpaired) electrons. The van der Waals surface area contributed by atoms with Gasteiger partial charge in [-0.15, -0.1) is 6.58 Å². The van der Waals surface area contributed by atoms with Crippen LogP contribution < -0.4 is 0 Å². The van der Waals surface area contributed by atoms with Crippen molar-refractivity contribution in [3.8, 4) is 0 Å². The number of nitrogens with zero attached hydrogens (tertiary/aromatic N) is 2. The number of halogens is 3. The van der Waals surface area contributed by atoms with E-state index in [1.54, 1.807) is 17.0 Å². The summed E-state index contributed by atoms with van der Waals surface area (Å²) < 4.78 is 41.1. The highest BCUT2D eigenvalue weighted by molar-refractivity contribution is 6.07. The second-order valence-electron chi connectivity index (χ2n) is 7.83. The van der Waals surface area contributed by atoms with Gasteiger partial charge in [0.05, 0.1) is 12.1 Å². The first-order chi connectivity index (χ1) is 15.9. The molecule has 0 saturated carbocycles. The highest BCUT2D eigenvalue weighted by Gasteiger charge is 2.30. The molecule has 33 heavy (non-hydrogen) atoms. The van der Waals surface area contributed by atoms with Crippen molar-refractivity contribution in [1.82, 2.24) is 9.47 Å². The fourth-order valence-electron chi connectivity index (χ4n) is 3.94. The van der Waals surface area contributed by atoms with Gasteiger partial charge in [0.25, 0.3) is 5.91 Å². The molecular formula is C27H23F3N2O. The van der Waals surface area contributed by atoms with Crippen molar-refractivity contribution in [2.24, 2.45) is 0 Å². The molecule has 1 heterocycles. The van der Waals surface area contributed by atoms with E-state index < -0.39 is 11.7 Å². The Hall–Kier alpha value is -3.80. The molecule has 4 rings (SSSR count). The topological polar surface area (TPSA) is 25.2 Å². The largest absolute Gasteiger partial charge is 0.416 e. The van der Waals surface area contributed by atoms with Gasteiger partial charge in [0.1, 0.15) is 0 Å². The van der Waals surface area contributed by atoms with Gasteiger partial charge < -0.3 is 9.47 Å². The van der Waals surface area contributed by atoms with Crippen LogP contribution in [0.1, 0.15) is 27.2 Å². The summed E-state index contributed by atoms with van der Waals surface area (Å²) in [5, 5.41) is 1.85. The lowest BCUT2D eigenvalue weighted by Crippen LogP contribution is -2.31. The van der Waals surface area contributed by atoms with Gasteiger partial charge in [-0.2, -0.15) is 13.2 Å². The van der Waals surface area contributed by atoms with Crippen molar-refractivity contribution in [3.63, 3.8) is 0 Å². The van der Waals surface area contributed by atoms with E-state index in [-0.39, 0.29) is 12.5 Å². The van der Waals surface area contributed by atoms with E-state index in [4.69, 9.17) is 0 Å². The summed E-state index contributed by atoms with van der Waals surface area (Å²) in [6.45, 7) is 4.71. The van der Waals surface area contributed by atoms with E-state index in [2.05, 4.69) is 6.58 Å². The number of hydrogen-bond acceptors (Lipinski definition) is 1. The number of benzene rings is 3. The van der Waals surface area contributed by atoms with Crippen LogP contribution in [0.3, 0.4) is 0 Å². The van der Waals surface area contributed by atoms with Crippen LogP contribution in [0.5, 0.6) is 0 Å². The van der Waals surface area contributed by atoms with Crippen LogP contribution in [0, 0.1) is 0 Å². The number of aromatic nitrogens is 1. The fourth-order valence-corrected chi connectivity index (χ4v) is 3.94.